The van der Waals surface area contributed by atoms with Crippen molar-refractivity contribution in [1.82, 2.24) is 9.13 Å². The van der Waals surface area contributed by atoms with Gasteiger partial charge < -0.3 is 14.2 Å². The summed E-state index contributed by atoms with van der Waals surface area (Å²) in [7, 11) is 2.05. The maximum atomic E-state index is 11.6. The molecule has 1 aliphatic heterocycles. The molecule has 1 aliphatic rings. The van der Waals surface area contributed by atoms with Gasteiger partial charge in [0, 0.05) is 63.7 Å². The molecule has 0 amide bonds. The zero-order valence-electron chi connectivity index (χ0n) is 17.1. The molecule has 2 aromatic heterocycles. The summed E-state index contributed by atoms with van der Waals surface area (Å²) in [6.45, 7) is 2.87. The Bertz CT molecular complexity index is 1160. The lowest BCUT2D eigenvalue weighted by Crippen LogP contribution is -2.04. The molecule has 6 heteroatoms. The summed E-state index contributed by atoms with van der Waals surface area (Å²) < 4.78 is 4.46. The van der Waals surface area contributed by atoms with E-state index in [1.54, 1.807) is 11.8 Å². The highest BCUT2D eigenvalue weighted by Crippen LogP contribution is 2.49. The largest absolute Gasteiger partial charge is 0.481 e. The lowest BCUT2D eigenvalue weighted by atomic mass is 9.99. The van der Waals surface area contributed by atoms with Crippen molar-refractivity contribution in [2.75, 3.05) is 5.88 Å². The van der Waals surface area contributed by atoms with Crippen LogP contribution in [-0.2, 0) is 18.4 Å². The quantitative estimate of drug-likeness (QED) is 0.262. The minimum atomic E-state index is -0.745. The molecule has 0 saturated carbocycles. The molecular formula is C24H25ClN2O2S. The van der Waals surface area contributed by atoms with Crippen LogP contribution < -0.4 is 0 Å². The van der Waals surface area contributed by atoms with Gasteiger partial charge in [-0.1, -0.05) is 42.1 Å². The summed E-state index contributed by atoms with van der Waals surface area (Å²) in [5.41, 5.74) is 4.66. The lowest BCUT2D eigenvalue weighted by Gasteiger charge is -2.12. The van der Waals surface area contributed by atoms with Crippen molar-refractivity contribution in [1.29, 1.82) is 0 Å². The van der Waals surface area contributed by atoms with Gasteiger partial charge in [0.15, 0.2) is 0 Å². The van der Waals surface area contributed by atoms with Gasteiger partial charge in [-0.2, -0.15) is 0 Å². The third-order valence-electron chi connectivity index (χ3n) is 5.69. The number of alkyl halides is 1. The standard InChI is InChI=1S/C24H25ClN2O2S/c1-3-17(7-5-12-25)30-24-22-18(19-10-6-13-26(19)2)8-4-9-20(22)27-14-11-16(23(24)27)15-21(28)29/h3-10,13,16H,11-12,14-15H2,1-2H3,(H,28,29)/b7-5-,17-3+. The van der Waals surface area contributed by atoms with E-state index >= 15 is 0 Å². The Morgan fingerprint density at radius 1 is 1.33 bits per heavy atom. The molecule has 0 bridgehead atoms. The molecule has 0 radical (unpaired) electrons. The van der Waals surface area contributed by atoms with Crippen molar-refractivity contribution in [3.8, 4) is 11.3 Å². The molecule has 0 fully saturated rings. The molecule has 4 rings (SSSR count). The number of rotatable bonds is 7. The van der Waals surface area contributed by atoms with Gasteiger partial charge in [-0.05, 0) is 31.5 Å². The van der Waals surface area contributed by atoms with Gasteiger partial charge in [0.2, 0.25) is 0 Å². The Morgan fingerprint density at radius 3 is 2.83 bits per heavy atom. The number of aliphatic carboxylic acids is 1. The Morgan fingerprint density at radius 2 is 2.17 bits per heavy atom. The summed E-state index contributed by atoms with van der Waals surface area (Å²) in [5, 5.41) is 10.7. The third kappa shape index (κ3) is 3.72. The number of hydrogen-bond acceptors (Lipinski definition) is 2. The van der Waals surface area contributed by atoms with Crippen molar-refractivity contribution < 1.29 is 9.90 Å². The first kappa shape index (κ1) is 20.9. The highest BCUT2D eigenvalue weighted by atomic mass is 35.5. The van der Waals surface area contributed by atoms with E-state index < -0.39 is 5.97 Å². The van der Waals surface area contributed by atoms with Crippen LogP contribution in [0.2, 0.25) is 0 Å². The van der Waals surface area contributed by atoms with E-state index in [2.05, 4.69) is 58.8 Å². The number of carboxylic acid groups (broad SMARTS) is 1. The van der Waals surface area contributed by atoms with Crippen LogP contribution in [0.1, 0.15) is 31.4 Å². The Hall–Kier alpha value is -2.37. The van der Waals surface area contributed by atoms with Gasteiger partial charge >= 0.3 is 5.97 Å². The first-order valence-electron chi connectivity index (χ1n) is 10.1. The highest BCUT2D eigenvalue weighted by molar-refractivity contribution is 8.03. The number of halogens is 1. The number of hydrogen-bond donors (Lipinski definition) is 1. The number of fused-ring (bicyclic) bond motifs is 3. The lowest BCUT2D eigenvalue weighted by molar-refractivity contribution is -0.137. The molecular weight excluding hydrogens is 416 g/mol. The minimum absolute atomic E-state index is 0.0220. The van der Waals surface area contributed by atoms with Crippen molar-refractivity contribution in [3.05, 3.63) is 65.4 Å². The number of thioether (sulfide) groups is 1. The number of benzene rings is 1. The van der Waals surface area contributed by atoms with Gasteiger partial charge in [0.05, 0.1) is 11.9 Å². The number of allylic oxidation sites excluding steroid dienone is 3. The van der Waals surface area contributed by atoms with Crippen molar-refractivity contribution in [2.24, 2.45) is 7.05 Å². The molecule has 3 heterocycles. The van der Waals surface area contributed by atoms with E-state index in [0.29, 0.717) is 5.88 Å². The van der Waals surface area contributed by atoms with Crippen LogP contribution in [0.15, 0.2) is 64.6 Å². The second-order valence-electron chi connectivity index (χ2n) is 7.50. The summed E-state index contributed by atoms with van der Waals surface area (Å²) >= 11 is 7.58. The number of carbonyl (C=O) groups is 1. The van der Waals surface area contributed by atoms with E-state index in [1.807, 2.05) is 19.1 Å². The van der Waals surface area contributed by atoms with E-state index in [0.717, 1.165) is 34.2 Å². The van der Waals surface area contributed by atoms with E-state index in [9.17, 15) is 9.90 Å². The molecule has 0 saturated heterocycles. The van der Waals surface area contributed by atoms with Crippen LogP contribution >= 0.6 is 23.4 Å². The maximum absolute atomic E-state index is 11.6. The first-order valence-corrected chi connectivity index (χ1v) is 11.5. The molecule has 1 atom stereocenters. The predicted octanol–water partition coefficient (Wildman–Crippen LogP) is 6.40. The fourth-order valence-electron chi connectivity index (χ4n) is 4.39. The van der Waals surface area contributed by atoms with Crippen molar-refractivity contribution in [2.45, 2.75) is 37.1 Å². The zero-order chi connectivity index (χ0) is 21.3. The fourth-order valence-corrected chi connectivity index (χ4v) is 5.69. The van der Waals surface area contributed by atoms with Gasteiger partial charge in [0.25, 0.3) is 0 Å². The maximum Gasteiger partial charge on any atom is 0.304 e. The average molecular weight is 441 g/mol. The third-order valence-corrected chi connectivity index (χ3v) is 7.09. The van der Waals surface area contributed by atoms with Crippen LogP contribution in [0, 0.1) is 0 Å². The molecule has 1 aromatic carbocycles. The molecule has 1 unspecified atom stereocenters. The molecule has 0 aliphatic carbocycles. The van der Waals surface area contributed by atoms with Crippen molar-refractivity contribution in [3.63, 3.8) is 0 Å². The predicted molar refractivity (Wildman–Crippen MR) is 125 cm³/mol. The fraction of sp³-hybridized carbons (Fsp3) is 0.292. The number of aromatic nitrogens is 2. The normalized spacial score (nSPS) is 16.6. The number of carboxylic acids is 1. The summed E-state index contributed by atoms with van der Waals surface area (Å²) in [6, 6.07) is 10.6. The van der Waals surface area contributed by atoms with Crippen molar-refractivity contribution >= 4 is 40.2 Å². The van der Waals surface area contributed by atoms with Crippen LogP contribution in [0.3, 0.4) is 0 Å². The Labute approximate surface area is 185 Å². The molecule has 156 valence electrons. The van der Waals surface area contributed by atoms with Crippen LogP contribution in [0.5, 0.6) is 0 Å². The van der Waals surface area contributed by atoms with Gasteiger partial charge in [-0.15, -0.1) is 11.6 Å². The number of aryl methyl sites for hydroxylation is 2. The summed E-state index contributed by atoms with van der Waals surface area (Å²) in [4.78, 5) is 13.8. The minimum Gasteiger partial charge on any atom is -0.481 e. The van der Waals surface area contributed by atoms with Crippen LogP contribution in [0.4, 0.5) is 0 Å². The van der Waals surface area contributed by atoms with E-state index in [1.165, 1.54) is 16.5 Å². The van der Waals surface area contributed by atoms with E-state index in [4.69, 9.17) is 11.6 Å². The zero-order valence-corrected chi connectivity index (χ0v) is 18.7. The van der Waals surface area contributed by atoms with E-state index in [-0.39, 0.29) is 12.3 Å². The van der Waals surface area contributed by atoms with Crippen LogP contribution in [-0.4, -0.2) is 26.1 Å². The van der Waals surface area contributed by atoms with Crippen LogP contribution in [0.25, 0.3) is 22.2 Å². The molecule has 4 nitrogen and oxygen atoms in total. The molecule has 30 heavy (non-hydrogen) atoms. The topological polar surface area (TPSA) is 47.2 Å². The SMILES string of the molecule is C/C=C(\C=C/CCl)Sc1c2n(c3cccc(-c4cccn4C)c13)CCC2CC(=O)O. The van der Waals surface area contributed by atoms with Gasteiger partial charge in [-0.3, -0.25) is 4.79 Å². The molecule has 3 aromatic rings. The Kier molecular flexibility index (Phi) is 6.11. The Balaban J connectivity index is 1.97. The van der Waals surface area contributed by atoms with Gasteiger partial charge in [-0.25, -0.2) is 0 Å². The second kappa shape index (κ2) is 8.78. The first-order chi connectivity index (χ1) is 14.5. The second-order valence-corrected chi connectivity index (χ2v) is 8.90. The highest BCUT2D eigenvalue weighted by Gasteiger charge is 2.32. The smallest absolute Gasteiger partial charge is 0.304 e. The van der Waals surface area contributed by atoms with Gasteiger partial charge in [0.1, 0.15) is 0 Å². The molecule has 1 N–H and O–H groups in total. The number of nitrogens with zero attached hydrogens (tertiary/aromatic N) is 2. The molecule has 0 spiro atoms. The summed E-state index contributed by atoms with van der Waals surface area (Å²) in [6.07, 6.45) is 9.14. The average Bonchev–Trinajstić information content (AvgIpc) is 3.41. The summed E-state index contributed by atoms with van der Waals surface area (Å²) in [5.74, 6) is -0.262. The monoisotopic (exact) mass is 440 g/mol.